The van der Waals surface area contributed by atoms with Gasteiger partial charge in [-0.25, -0.2) is 0 Å². The van der Waals surface area contributed by atoms with Crippen LogP contribution in [0.5, 0.6) is 0 Å². The third-order valence-electron chi connectivity index (χ3n) is 3.70. The molecule has 0 heterocycles. The Morgan fingerprint density at radius 1 is 1.52 bits per heavy atom. The highest BCUT2D eigenvalue weighted by atomic mass is 35.5. The lowest BCUT2D eigenvalue weighted by Crippen LogP contribution is -2.26. The van der Waals surface area contributed by atoms with Gasteiger partial charge in [-0.3, -0.25) is 4.79 Å². The molecule has 4 nitrogen and oxygen atoms in total. The van der Waals surface area contributed by atoms with Gasteiger partial charge in [0.15, 0.2) is 5.78 Å². The van der Waals surface area contributed by atoms with Crippen LogP contribution in [0.15, 0.2) is 28.1 Å². The monoisotopic (exact) mass is 359 g/mol. The Kier molecular flexibility index (Phi) is 9.41. The summed E-state index contributed by atoms with van der Waals surface area (Å²) in [4.78, 5) is 17.6. The van der Waals surface area contributed by atoms with Crippen LogP contribution < -0.4 is 0 Å². The number of rotatable bonds is 9. The number of thioether (sulfide) groups is 1. The van der Waals surface area contributed by atoms with Crippen LogP contribution in [0.4, 0.5) is 0 Å². The number of hydrogen-bond donors (Lipinski definition) is 1. The van der Waals surface area contributed by atoms with Gasteiger partial charge in [-0.05, 0) is 30.6 Å². The standard InChI is InChI=1S/C17H26ClNO3S/c1-4-14(19-22-8-6-7-18)17-15(20)10-13(11-16(17)21)9-12(3)23-5-2/h6-7,12-13,20H,4-5,8-11H2,1-3H3/b7-6+,19-14+/t12?,13-/m0/s1. The highest BCUT2D eigenvalue weighted by Gasteiger charge is 2.31. The first kappa shape index (κ1) is 20.1. The summed E-state index contributed by atoms with van der Waals surface area (Å²) in [6.07, 6.45) is 4.09. The lowest BCUT2D eigenvalue weighted by molar-refractivity contribution is -0.116. The van der Waals surface area contributed by atoms with Crippen LogP contribution >= 0.6 is 23.4 Å². The van der Waals surface area contributed by atoms with E-state index in [2.05, 4.69) is 19.0 Å². The molecule has 130 valence electrons. The van der Waals surface area contributed by atoms with Gasteiger partial charge in [0.2, 0.25) is 0 Å². The maximum Gasteiger partial charge on any atom is 0.168 e. The molecule has 23 heavy (non-hydrogen) atoms. The number of hydrogen-bond acceptors (Lipinski definition) is 5. The lowest BCUT2D eigenvalue weighted by atomic mass is 9.82. The molecule has 0 aromatic heterocycles. The number of ketones is 1. The maximum absolute atomic E-state index is 12.4. The topological polar surface area (TPSA) is 58.9 Å². The number of aliphatic hydroxyl groups excluding tert-OH is 1. The van der Waals surface area contributed by atoms with E-state index in [1.165, 1.54) is 5.54 Å². The number of Topliss-reactive ketones (excluding diaryl/α,β-unsaturated/α-hetero) is 1. The van der Waals surface area contributed by atoms with Crippen molar-refractivity contribution in [3.63, 3.8) is 0 Å². The van der Waals surface area contributed by atoms with Crippen molar-refractivity contribution >= 4 is 34.9 Å². The average molecular weight is 360 g/mol. The molecule has 2 atom stereocenters. The third-order valence-corrected chi connectivity index (χ3v) is 4.97. The van der Waals surface area contributed by atoms with E-state index in [9.17, 15) is 9.90 Å². The van der Waals surface area contributed by atoms with E-state index in [-0.39, 0.29) is 24.1 Å². The SMILES string of the molecule is CCSC(C)C[C@@H]1CC(=O)C(/C(CC)=N/OC/C=C/Cl)=C(O)C1. The molecule has 0 radical (unpaired) electrons. The Labute approximate surface area is 148 Å². The number of allylic oxidation sites excluding steroid dienone is 2. The zero-order valence-electron chi connectivity index (χ0n) is 14.0. The second-order valence-electron chi connectivity index (χ2n) is 5.57. The summed E-state index contributed by atoms with van der Waals surface area (Å²) in [5, 5.41) is 14.8. The molecule has 1 rings (SSSR count). The Bertz CT molecular complexity index is 488. The molecule has 1 aliphatic rings. The van der Waals surface area contributed by atoms with Crippen molar-refractivity contribution in [2.24, 2.45) is 11.1 Å². The Balaban J connectivity index is 2.79. The maximum atomic E-state index is 12.4. The second-order valence-corrected chi connectivity index (χ2v) is 7.54. The van der Waals surface area contributed by atoms with E-state index >= 15 is 0 Å². The minimum Gasteiger partial charge on any atom is -0.511 e. The number of aliphatic hydroxyl groups is 1. The van der Waals surface area contributed by atoms with Crippen molar-refractivity contribution in [1.82, 2.24) is 0 Å². The van der Waals surface area contributed by atoms with Crippen molar-refractivity contribution in [1.29, 1.82) is 0 Å². The Hall–Kier alpha value is -0.940. The zero-order chi connectivity index (χ0) is 17.2. The molecule has 0 spiro atoms. The third kappa shape index (κ3) is 6.60. The molecule has 0 aliphatic heterocycles. The molecule has 0 amide bonds. The van der Waals surface area contributed by atoms with Crippen molar-refractivity contribution in [2.75, 3.05) is 12.4 Å². The molecular weight excluding hydrogens is 334 g/mol. The van der Waals surface area contributed by atoms with Crippen LogP contribution in [0.25, 0.3) is 0 Å². The quantitative estimate of drug-likeness (QED) is 0.363. The van der Waals surface area contributed by atoms with Crippen LogP contribution in [-0.4, -0.2) is 34.2 Å². The van der Waals surface area contributed by atoms with E-state index in [4.69, 9.17) is 16.4 Å². The summed E-state index contributed by atoms with van der Waals surface area (Å²) >= 11 is 7.30. The van der Waals surface area contributed by atoms with Gasteiger partial charge in [0.1, 0.15) is 12.4 Å². The smallest absolute Gasteiger partial charge is 0.168 e. The molecule has 1 aliphatic carbocycles. The summed E-state index contributed by atoms with van der Waals surface area (Å²) in [6, 6.07) is 0. The summed E-state index contributed by atoms with van der Waals surface area (Å²) in [7, 11) is 0. The molecule has 1 unspecified atom stereocenters. The number of nitrogens with zero attached hydrogens (tertiary/aromatic N) is 1. The highest BCUT2D eigenvalue weighted by molar-refractivity contribution is 7.99. The number of halogens is 1. The first-order chi connectivity index (χ1) is 11.0. The predicted octanol–water partition coefficient (Wildman–Crippen LogP) is 4.84. The van der Waals surface area contributed by atoms with Crippen LogP contribution in [0, 0.1) is 5.92 Å². The fourth-order valence-corrected chi connectivity index (χ4v) is 3.82. The largest absolute Gasteiger partial charge is 0.511 e. The van der Waals surface area contributed by atoms with Gasteiger partial charge < -0.3 is 9.94 Å². The molecule has 0 fully saturated rings. The first-order valence-electron chi connectivity index (χ1n) is 8.04. The van der Waals surface area contributed by atoms with Crippen LogP contribution in [-0.2, 0) is 9.63 Å². The zero-order valence-corrected chi connectivity index (χ0v) is 15.6. The minimum atomic E-state index is -0.0375. The Morgan fingerprint density at radius 2 is 2.26 bits per heavy atom. The molecular formula is C17H26ClNO3S. The number of carbonyl (C=O) groups excluding carboxylic acids is 1. The molecule has 0 bridgehead atoms. The number of carbonyl (C=O) groups is 1. The van der Waals surface area contributed by atoms with Gasteiger partial charge in [0.25, 0.3) is 0 Å². The fourth-order valence-electron chi connectivity index (χ4n) is 2.77. The van der Waals surface area contributed by atoms with Crippen molar-refractivity contribution in [2.45, 2.75) is 51.7 Å². The fraction of sp³-hybridized carbons (Fsp3) is 0.647. The van der Waals surface area contributed by atoms with Crippen molar-refractivity contribution < 1.29 is 14.7 Å². The molecule has 0 aromatic rings. The molecule has 1 N–H and O–H groups in total. The van der Waals surface area contributed by atoms with E-state index in [1.54, 1.807) is 6.08 Å². The van der Waals surface area contributed by atoms with Gasteiger partial charge >= 0.3 is 0 Å². The van der Waals surface area contributed by atoms with Gasteiger partial charge in [-0.2, -0.15) is 11.8 Å². The van der Waals surface area contributed by atoms with Crippen LogP contribution in [0.2, 0.25) is 0 Å². The predicted molar refractivity (Wildman–Crippen MR) is 98.3 cm³/mol. The first-order valence-corrected chi connectivity index (χ1v) is 9.53. The van der Waals surface area contributed by atoms with Crippen LogP contribution in [0.1, 0.15) is 46.5 Å². The minimum absolute atomic E-state index is 0.0375. The van der Waals surface area contributed by atoms with Gasteiger partial charge in [0.05, 0.1) is 11.3 Å². The van der Waals surface area contributed by atoms with E-state index in [1.807, 2.05) is 18.7 Å². The van der Waals surface area contributed by atoms with Crippen LogP contribution in [0.3, 0.4) is 0 Å². The summed E-state index contributed by atoms with van der Waals surface area (Å²) < 4.78 is 0. The summed E-state index contributed by atoms with van der Waals surface area (Å²) in [5.41, 5.74) is 2.20. The Morgan fingerprint density at radius 3 is 2.83 bits per heavy atom. The van der Waals surface area contributed by atoms with Crippen molar-refractivity contribution in [3.8, 4) is 0 Å². The van der Waals surface area contributed by atoms with Gasteiger partial charge in [0, 0.05) is 23.6 Å². The molecule has 0 aromatic carbocycles. The lowest BCUT2D eigenvalue weighted by Gasteiger charge is -2.25. The second kappa shape index (κ2) is 10.8. The molecule has 0 saturated carbocycles. The molecule has 0 saturated heterocycles. The normalized spacial score (nSPS) is 21.1. The van der Waals surface area contributed by atoms with E-state index in [0.717, 1.165) is 12.2 Å². The average Bonchev–Trinajstić information content (AvgIpc) is 2.49. The molecule has 6 heteroatoms. The van der Waals surface area contributed by atoms with Gasteiger partial charge in [-0.15, -0.1) is 0 Å². The van der Waals surface area contributed by atoms with E-state index < -0.39 is 0 Å². The van der Waals surface area contributed by atoms with E-state index in [0.29, 0.717) is 35.8 Å². The number of oxime groups is 1. The highest BCUT2D eigenvalue weighted by Crippen LogP contribution is 2.32. The van der Waals surface area contributed by atoms with Crippen molar-refractivity contribution in [3.05, 3.63) is 22.9 Å². The van der Waals surface area contributed by atoms with Gasteiger partial charge in [-0.1, -0.05) is 37.5 Å². The summed E-state index contributed by atoms with van der Waals surface area (Å²) in [5.74, 6) is 1.38. The summed E-state index contributed by atoms with van der Waals surface area (Å²) in [6.45, 7) is 6.43.